The van der Waals surface area contributed by atoms with E-state index in [9.17, 15) is 0 Å². The highest BCUT2D eigenvalue weighted by Crippen LogP contribution is 2.18. The lowest BCUT2D eigenvalue weighted by atomic mass is 10.1. The second-order valence-corrected chi connectivity index (χ2v) is 5.05. The maximum atomic E-state index is 3.36. The van der Waals surface area contributed by atoms with Crippen molar-refractivity contribution in [1.29, 1.82) is 0 Å². The monoisotopic (exact) mass is 225 g/mol. The van der Waals surface area contributed by atoms with Crippen LogP contribution in [0.1, 0.15) is 43.0 Å². The van der Waals surface area contributed by atoms with E-state index in [0.717, 1.165) is 6.54 Å². The van der Waals surface area contributed by atoms with E-state index in [1.54, 1.807) is 4.88 Å². The van der Waals surface area contributed by atoms with Gasteiger partial charge in [-0.05, 0) is 56.3 Å². The Hall–Kier alpha value is -0.340. The lowest BCUT2D eigenvalue weighted by Gasteiger charge is -2.02. The predicted octanol–water partition coefficient (Wildman–Crippen LogP) is 3.77. The zero-order chi connectivity index (χ0) is 10.9. The van der Waals surface area contributed by atoms with E-state index in [1.807, 2.05) is 11.3 Å². The van der Waals surface area contributed by atoms with Crippen LogP contribution in [0.2, 0.25) is 0 Å². The molecule has 15 heavy (non-hydrogen) atoms. The van der Waals surface area contributed by atoms with E-state index in [1.165, 1.54) is 44.2 Å². The smallest absolute Gasteiger partial charge is 0.00743 e. The lowest BCUT2D eigenvalue weighted by Crippen LogP contribution is -2.13. The standard InChI is InChI=1S/C13H23NS/c1-3-14-10-7-5-4-6-8-13-12(2)9-11-15-13/h9,11,14H,3-8,10H2,1-2H3. The number of nitrogens with one attached hydrogen (secondary N) is 1. The average molecular weight is 225 g/mol. The number of rotatable bonds is 8. The number of unbranched alkanes of at least 4 members (excludes halogenated alkanes) is 3. The first-order valence-corrected chi connectivity index (χ1v) is 6.96. The Kier molecular flexibility index (Phi) is 6.69. The van der Waals surface area contributed by atoms with Gasteiger partial charge >= 0.3 is 0 Å². The highest BCUT2D eigenvalue weighted by atomic mass is 32.1. The molecule has 0 spiro atoms. The first-order valence-electron chi connectivity index (χ1n) is 6.08. The molecule has 0 unspecified atom stereocenters. The van der Waals surface area contributed by atoms with Crippen molar-refractivity contribution in [2.24, 2.45) is 0 Å². The van der Waals surface area contributed by atoms with Gasteiger partial charge in [-0.1, -0.05) is 19.8 Å². The van der Waals surface area contributed by atoms with Crippen LogP contribution in [0.3, 0.4) is 0 Å². The van der Waals surface area contributed by atoms with Crippen molar-refractivity contribution in [2.45, 2.75) is 46.0 Å². The number of hydrogen-bond acceptors (Lipinski definition) is 2. The van der Waals surface area contributed by atoms with Gasteiger partial charge in [0.1, 0.15) is 0 Å². The Morgan fingerprint density at radius 2 is 2.00 bits per heavy atom. The molecule has 1 heterocycles. The third-order valence-electron chi connectivity index (χ3n) is 2.73. The van der Waals surface area contributed by atoms with E-state index < -0.39 is 0 Å². The summed E-state index contributed by atoms with van der Waals surface area (Å²) < 4.78 is 0. The Morgan fingerprint density at radius 1 is 1.20 bits per heavy atom. The van der Waals surface area contributed by atoms with E-state index in [2.05, 4.69) is 30.6 Å². The van der Waals surface area contributed by atoms with Crippen LogP contribution in [-0.2, 0) is 6.42 Å². The minimum absolute atomic E-state index is 1.11. The van der Waals surface area contributed by atoms with Crippen LogP contribution in [0.4, 0.5) is 0 Å². The Bertz CT molecular complexity index is 255. The van der Waals surface area contributed by atoms with Crippen molar-refractivity contribution in [2.75, 3.05) is 13.1 Å². The Balaban J connectivity index is 1.96. The van der Waals surface area contributed by atoms with Gasteiger partial charge in [-0.3, -0.25) is 0 Å². The fourth-order valence-corrected chi connectivity index (χ4v) is 2.68. The quantitative estimate of drug-likeness (QED) is 0.664. The number of aryl methyl sites for hydroxylation is 2. The minimum Gasteiger partial charge on any atom is -0.317 e. The molecule has 0 amide bonds. The second kappa shape index (κ2) is 7.89. The molecule has 0 fully saturated rings. The fourth-order valence-electron chi connectivity index (χ4n) is 1.73. The molecule has 0 saturated heterocycles. The first-order chi connectivity index (χ1) is 7.34. The summed E-state index contributed by atoms with van der Waals surface area (Å²) in [6, 6.07) is 2.23. The molecular weight excluding hydrogens is 202 g/mol. The third-order valence-corrected chi connectivity index (χ3v) is 3.81. The summed E-state index contributed by atoms with van der Waals surface area (Å²) in [7, 11) is 0. The molecule has 2 heteroatoms. The molecule has 1 N–H and O–H groups in total. The number of hydrogen-bond donors (Lipinski definition) is 1. The van der Waals surface area contributed by atoms with E-state index in [-0.39, 0.29) is 0 Å². The summed E-state index contributed by atoms with van der Waals surface area (Å²) in [5, 5.41) is 5.57. The van der Waals surface area contributed by atoms with Gasteiger partial charge in [-0.25, -0.2) is 0 Å². The van der Waals surface area contributed by atoms with Gasteiger partial charge in [-0.2, -0.15) is 0 Å². The van der Waals surface area contributed by atoms with Gasteiger partial charge in [0.05, 0.1) is 0 Å². The maximum Gasteiger partial charge on any atom is 0.00743 e. The Morgan fingerprint density at radius 3 is 2.67 bits per heavy atom. The summed E-state index contributed by atoms with van der Waals surface area (Å²) in [5.41, 5.74) is 1.48. The summed E-state index contributed by atoms with van der Waals surface area (Å²) in [5.74, 6) is 0. The van der Waals surface area contributed by atoms with Crippen LogP contribution >= 0.6 is 11.3 Å². The van der Waals surface area contributed by atoms with E-state index in [0.29, 0.717) is 0 Å². The highest BCUT2D eigenvalue weighted by molar-refractivity contribution is 7.10. The van der Waals surface area contributed by atoms with Crippen molar-refractivity contribution >= 4 is 11.3 Å². The molecule has 0 aromatic carbocycles. The largest absolute Gasteiger partial charge is 0.317 e. The van der Waals surface area contributed by atoms with E-state index >= 15 is 0 Å². The summed E-state index contributed by atoms with van der Waals surface area (Å²) in [4.78, 5) is 1.58. The van der Waals surface area contributed by atoms with Crippen LogP contribution in [-0.4, -0.2) is 13.1 Å². The van der Waals surface area contributed by atoms with Crippen LogP contribution in [0.5, 0.6) is 0 Å². The SMILES string of the molecule is CCNCCCCCCc1sccc1C. The topological polar surface area (TPSA) is 12.0 Å². The van der Waals surface area contributed by atoms with Gasteiger partial charge in [0.25, 0.3) is 0 Å². The van der Waals surface area contributed by atoms with Crippen molar-refractivity contribution in [3.05, 3.63) is 21.9 Å². The van der Waals surface area contributed by atoms with Crippen LogP contribution in [0, 0.1) is 6.92 Å². The molecule has 86 valence electrons. The van der Waals surface area contributed by atoms with Crippen molar-refractivity contribution < 1.29 is 0 Å². The lowest BCUT2D eigenvalue weighted by molar-refractivity contribution is 0.599. The van der Waals surface area contributed by atoms with Crippen molar-refractivity contribution in [1.82, 2.24) is 5.32 Å². The Labute approximate surface area is 97.9 Å². The normalized spacial score (nSPS) is 10.8. The predicted molar refractivity (Wildman–Crippen MR) is 69.8 cm³/mol. The van der Waals surface area contributed by atoms with Crippen molar-refractivity contribution in [3.8, 4) is 0 Å². The molecule has 0 bridgehead atoms. The molecule has 0 aliphatic heterocycles. The van der Waals surface area contributed by atoms with Crippen LogP contribution in [0.25, 0.3) is 0 Å². The first kappa shape index (κ1) is 12.7. The third kappa shape index (κ3) is 5.33. The molecule has 1 rings (SSSR count). The van der Waals surface area contributed by atoms with Gasteiger partial charge < -0.3 is 5.32 Å². The minimum atomic E-state index is 1.11. The summed E-state index contributed by atoms with van der Waals surface area (Å²) in [6.07, 6.45) is 6.72. The molecule has 1 aromatic rings. The fraction of sp³-hybridized carbons (Fsp3) is 0.692. The van der Waals surface area contributed by atoms with Crippen LogP contribution in [0.15, 0.2) is 11.4 Å². The van der Waals surface area contributed by atoms with Crippen LogP contribution < -0.4 is 5.32 Å². The van der Waals surface area contributed by atoms with Gasteiger partial charge in [-0.15, -0.1) is 11.3 Å². The van der Waals surface area contributed by atoms with Gasteiger partial charge in [0, 0.05) is 4.88 Å². The number of thiophene rings is 1. The molecule has 1 aromatic heterocycles. The molecule has 0 atom stereocenters. The summed E-state index contributed by atoms with van der Waals surface area (Å²) >= 11 is 1.91. The molecule has 0 saturated carbocycles. The highest BCUT2D eigenvalue weighted by Gasteiger charge is 1.98. The molecular formula is C13H23NS. The zero-order valence-corrected chi connectivity index (χ0v) is 10.8. The zero-order valence-electron chi connectivity index (χ0n) is 10.0. The van der Waals surface area contributed by atoms with Crippen molar-refractivity contribution in [3.63, 3.8) is 0 Å². The van der Waals surface area contributed by atoms with E-state index in [4.69, 9.17) is 0 Å². The molecule has 0 radical (unpaired) electrons. The average Bonchev–Trinajstić information content (AvgIpc) is 2.63. The molecule has 0 aliphatic rings. The summed E-state index contributed by atoms with van der Waals surface area (Å²) in [6.45, 7) is 6.68. The maximum absolute atomic E-state index is 3.36. The molecule has 0 aliphatic carbocycles. The molecule has 1 nitrogen and oxygen atoms in total. The van der Waals surface area contributed by atoms with Gasteiger partial charge in [0.2, 0.25) is 0 Å². The van der Waals surface area contributed by atoms with Gasteiger partial charge in [0.15, 0.2) is 0 Å². The second-order valence-electron chi connectivity index (χ2n) is 4.04.